The summed E-state index contributed by atoms with van der Waals surface area (Å²) in [7, 11) is 0. The highest BCUT2D eigenvalue weighted by molar-refractivity contribution is 6.11. The van der Waals surface area contributed by atoms with Crippen molar-refractivity contribution >= 4 is 23.3 Å². The van der Waals surface area contributed by atoms with E-state index in [0.717, 1.165) is 23.3 Å². The Kier molecular flexibility index (Phi) is 5.70. The van der Waals surface area contributed by atoms with E-state index in [0.29, 0.717) is 29.4 Å². The number of hydrogen-bond acceptors (Lipinski definition) is 3. The monoisotopic (exact) mass is 381 g/mol. The zero-order valence-electron chi connectivity index (χ0n) is 16.5. The van der Waals surface area contributed by atoms with Gasteiger partial charge in [-0.2, -0.15) is 0 Å². The van der Waals surface area contributed by atoms with Gasteiger partial charge in [-0.3, -0.25) is 9.69 Å². The zero-order chi connectivity index (χ0) is 20.3. The second kappa shape index (κ2) is 8.02. The van der Waals surface area contributed by atoms with Crippen LogP contribution in [0.1, 0.15) is 38.3 Å². The van der Waals surface area contributed by atoms with Crippen molar-refractivity contribution < 1.29 is 14.7 Å². The lowest BCUT2D eigenvalue weighted by molar-refractivity contribution is -0.140. The molecule has 0 bridgehead atoms. The first-order valence-electron chi connectivity index (χ1n) is 9.68. The van der Waals surface area contributed by atoms with Crippen LogP contribution in [0.2, 0.25) is 0 Å². The first kappa shape index (κ1) is 19.9. The molecule has 1 heterocycles. The third-order valence-corrected chi connectivity index (χ3v) is 5.00. The number of anilines is 2. The van der Waals surface area contributed by atoms with Gasteiger partial charge in [-0.15, -0.1) is 0 Å². The maximum Gasteiger partial charge on any atom is 0.329 e. The fraction of sp³-hybridized carbons (Fsp3) is 0.364. The molecule has 0 unspecified atom stereocenters. The average Bonchev–Trinajstić information content (AvgIpc) is 2.68. The van der Waals surface area contributed by atoms with Gasteiger partial charge in [0.2, 0.25) is 0 Å². The van der Waals surface area contributed by atoms with Crippen LogP contribution in [0.4, 0.5) is 16.2 Å². The number of benzene rings is 2. The molecule has 0 saturated carbocycles. The number of hydrogen-bond donors (Lipinski definition) is 3. The molecule has 3 N–H and O–H groups in total. The lowest BCUT2D eigenvalue weighted by atomic mass is 9.94. The minimum atomic E-state index is -2.14. The number of fused-ring (bicyclic) bond motifs is 1. The molecule has 0 saturated heterocycles. The van der Waals surface area contributed by atoms with Crippen LogP contribution in [-0.2, 0) is 16.9 Å². The molecule has 6 heteroatoms. The highest BCUT2D eigenvalue weighted by atomic mass is 16.3. The van der Waals surface area contributed by atoms with Crippen molar-refractivity contribution in [3.05, 3.63) is 59.7 Å². The summed E-state index contributed by atoms with van der Waals surface area (Å²) in [6.07, 6.45) is 1.64. The SMILES string of the molecule is CCc1ccc(N2C(=O)Nc3ccccc3[C@@]2(O)C(=O)NCCC(C)C)cc1. The number of rotatable bonds is 6. The molecule has 1 atom stereocenters. The largest absolute Gasteiger partial charge is 0.359 e. The van der Waals surface area contributed by atoms with E-state index in [1.165, 1.54) is 0 Å². The topological polar surface area (TPSA) is 81.7 Å². The van der Waals surface area contributed by atoms with Crippen LogP contribution in [-0.4, -0.2) is 23.6 Å². The van der Waals surface area contributed by atoms with Crippen molar-refractivity contribution in [1.82, 2.24) is 5.32 Å². The van der Waals surface area contributed by atoms with Gasteiger partial charge in [0.1, 0.15) is 0 Å². The van der Waals surface area contributed by atoms with Crippen LogP contribution in [0.25, 0.3) is 0 Å². The normalized spacial score (nSPS) is 18.6. The maximum absolute atomic E-state index is 13.1. The van der Waals surface area contributed by atoms with Crippen molar-refractivity contribution in [3.63, 3.8) is 0 Å². The minimum absolute atomic E-state index is 0.344. The second-order valence-corrected chi connectivity index (χ2v) is 7.44. The van der Waals surface area contributed by atoms with Gasteiger partial charge in [0.15, 0.2) is 0 Å². The van der Waals surface area contributed by atoms with E-state index in [4.69, 9.17) is 0 Å². The molecule has 1 aliphatic heterocycles. The smallest absolute Gasteiger partial charge is 0.329 e. The lowest BCUT2D eigenvalue weighted by Gasteiger charge is -2.42. The summed E-state index contributed by atoms with van der Waals surface area (Å²) < 4.78 is 0. The molecule has 6 nitrogen and oxygen atoms in total. The quantitative estimate of drug-likeness (QED) is 0.715. The number of carbonyl (C=O) groups is 2. The standard InChI is InChI=1S/C22H27N3O3/c1-4-16-9-11-17(12-10-16)25-21(27)24-19-8-6-5-7-18(19)22(25,28)20(26)23-14-13-15(2)3/h5-12,15,28H,4,13-14H2,1-3H3,(H,23,26)(H,24,27)/t22-/m1/s1. The number of nitrogens with zero attached hydrogens (tertiary/aromatic N) is 1. The van der Waals surface area contributed by atoms with Crippen LogP contribution in [0, 0.1) is 5.92 Å². The Labute approximate surface area is 165 Å². The molecule has 0 fully saturated rings. The van der Waals surface area contributed by atoms with E-state index in [1.54, 1.807) is 36.4 Å². The summed E-state index contributed by atoms with van der Waals surface area (Å²) in [5.74, 6) is -0.204. The van der Waals surface area contributed by atoms with E-state index in [1.807, 2.05) is 19.1 Å². The zero-order valence-corrected chi connectivity index (χ0v) is 16.5. The van der Waals surface area contributed by atoms with Gasteiger partial charge >= 0.3 is 6.03 Å². The number of aryl methyl sites for hydroxylation is 1. The molecular weight excluding hydrogens is 354 g/mol. The lowest BCUT2D eigenvalue weighted by Crippen LogP contribution is -2.62. The van der Waals surface area contributed by atoms with Crippen molar-refractivity contribution in [1.29, 1.82) is 0 Å². The highest BCUT2D eigenvalue weighted by Gasteiger charge is 2.51. The predicted molar refractivity (Wildman–Crippen MR) is 110 cm³/mol. The van der Waals surface area contributed by atoms with Crippen LogP contribution >= 0.6 is 0 Å². The van der Waals surface area contributed by atoms with E-state index >= 15 is 0 Å². The van der Waals surface area contributed by atoms with Gasteiger partial charge in [0, 0.05) is 17.8 Å². The first-order chi connectivity index (χ1) is 13.4. The number of carbonyl (C=O) groups excluding carboxylic acids is 2. The Bertz CT molecular complexity index is 864. The highest BCUT2D eigenvalue weighted by Crippen LogP contribution is 2.39. The van der Waals surface area contributed by atoms with Crippen molar-refractivity contribution in [2.75, 3.05) is 16.8 Å². The van der Waals surface area contributed by atoms with Crippen molar-refractivity contribution in [2.45, 2.75) is 39.3 Å². The number of para-hydroxylation sites is 1. The second-order valence-electron chi connectivity index (χ2n) is 7.44. The average molecular weight is 381 g/mol. The van der Waals surface area contributed by atoms with Gasteiger partial charge in [-0.25, -0.2) is 4.79 Å². The minimum Gasteiger partial charge on any atom is -0.359 e. The Morgan fingerprint density at radius 1 is 1.18 bits per heavy atom. The van der Waals surface area contributed by atoms with Crippen LogP contribution in [0.15, 0.2) is 48.5 Å². The molecule has 0 aromatic heterocycles. The molecule has 2 aromatic carbocycles. The number of amides is 3. The molecule has 148 valence electrons. The predicted octanol–water partition coefficient (Wildman–Crippen LogP) is 3.61. The van der Waals surface area contributed by atoms with Crippen molar-refractivity contribution in [2.24, 2.45) is 5.92 Å². The summed E-state index contributed by atoms with van der Waals surface area (Å²) in [5.41, 5.74) is 0.188. The third kappa shape index (κ3) is 3.60. The van der Waals surface area contributed by atoms with E-state index in [9.17, 15) is 14.7 Å². The summed E-state index contributed by atoms with van der Waals surface area (Å²) in [4.78, 5) is 27.1. The van der Waals surface area contributed by atoms with E-state index < -0.39 is 17.7 Å². The first-order valence-corrected chi connectivity index (χ1v) is 9.68. The molecule has 1 aliphatic rings. The molecule has 0 spiro atoms. The van der Waals surface area contributed by atoms with Gasteiger partial charge in [-0.1, -0.05) is 51.1 Å². The van der Waals surface area contributed by atoms with Crippen LogP contribution in [0.3, 0.4) is 0 Å². The summed E-state index contributed by atoms with van der Waals surface area (Å²) >= 11 is 0. The van der Waals surface area contributed by atoms with Gasteiger partial charge < -0.3 is 15.7 Å². The van der Waals surface area contributed by atoms with Gasteiger partial charge in [0.25, 0.3) is 11.6 Å². The van der Waals surface area contributed by atoms with E-state index in [2.05, 4.69) is 24.5 Å². The summed E-state index contributed by atoms with van der Waals surface area (Å²) in [5, 5.41) is 17.2. The summed E-state index contributed by atoms with van der Waals surface area (Å²) in [6.45, 7) is 6.58. The fourth-order valence-electron chi connectivity index (χ4n) is 3.34. The molecule has 0 aliphatic carbocycles. The molecule has 0 radical (unpaired) electrons. The van der Waals surface area contributed by atoms with Crippen LogP contribution < -0.4 is 15.5 Å². The van der Waals surface area contributed by atoms with Crippen LogP contribution in [0.5, 0.6) is 0 Å². The molecule has 28 heavy (non-hydrogen) atoms. The Morgan fingerprint density at radius 3 is 2.50 bits per heavy atom. The Hall–Kier alpha value is -2.86. The molecular formula is C22H27N3O3. The Morgan fingerprint density at radius 2 is 1.86 bits per heavy atom. The fourth-order valence-corrected chi connectivity index (χ4v) is 3.34. The molecule has 3 rings (SSSR count). The van der Waals surface area contributed by atoms with Gasteiger partial charge in [-0.05, 0) is 42.5 Å². The van der Waals surface area contributed by atoms with Crippen molar-refractivity contribution in [3.8, 4) is 0 Å². The number of nitrogens with one attached hydrogen (secondary N) is 2. The summed E-state index contributed by atoms with van der Waals surface area (Å²) in [6, 6.07) is 13.5. The number of aliphatic hydroxyl groups is 1. The molecule has 2 aromatic rings. The molecule has 3 amide bonds. The van der Waals surface area contributed by atoms with Gasteiger partial charge in [0.05, 0.1) is 5.69 Å². The van der Waals surface area contributed by atoms with E-state index in [-0.39, 0.29) is 0 Å². The maximum atomic E-state index is 13.1. The third-order valence-electron chi connectivity index (χ3n) is 5.00. The number of urea groups is 1. The Balaban J connectivity index is 2.05.